The maximum absolute atomic E-state index is 6.86. The Labute approximate surface area is 542 Å². The molecule has 0 aliphatic heterocycles. The molecule has 10 aromatic rings. The van der Waals surface area contributed by atoms with Gasteiger partial charge in [0.25, 0.3) is 0 Å². The van der Waals surface area contributed by atoms with Crippen molar-refractivity contribution in [2.75, 3.05) is 19.8 Å². The van der Waals surface area contributed by atoms with Gasteiger partial charge in [-0.15, -0.1) is 0 Å². The summed E-state index contributed by atoms with van der Waals surface area (Å²) in [5.41, 5.74) is 22.1. The first-order valence-electron chi connectivity index (χ1n) is 34.6. The van der Waals surface area contributed by atoms with Gasteiger partial charge in [-0.05, 0) is 211 Å². The van der Waals surface area contributed by atoms with E-state index in [0.717, 1.165) is 106 Å². The van der Waals surface area contributed by atoms with Gasteiger partial charge in [0.1, 0.15) is 5.75 Å². The normalized spacial score (nSPS) is 16.1. The van der Waals surface area contributed by atoms with Gasteiger partial charge < -0.3 is 28.3 Å². The smallest absolute Gasteiger partial charge is 0.161 e. The number of hydrogen-bond donors (Lipinski definition) is 0. The molecule has 6 heteroatoms. The number of aryl methyl sites for hydroxylation is 4. The molecular weight excluding hydrogens is 1110 g/mol. The molecule has 0 N–H and O–H groups in total. The van der Waals surface area contributed by atoms with Crippen LogP contribution in [0, 0.1) is 27.7 Å². The molecule has 470 valence electrons. The van der Waals surface area contributed by atoms with Gasteiger partial charge in [-0.1, -0.05) is 211 Å². The molecule has 1 atom stereocenters. The summed E-state index contributed by atoms with van der Waals surface area (Å²) in [4.78, 5) is 0. The third kappa shape index (κ3) is 14.0. The number of unbranched alkanes of at least 4 members (excludes halogenated alkanes) is 9. The molecule has 2 aliphatic carbocycles. The Balaban J connectivity index is 0.902. The summed E-state index contributed by atoms with van der Waals surface area (Å²) in [6.07, 6.45) is 18.6. The number of fused-ring (bicyclic) bond motifs is 6. The second kappa shape index (κ2) is 29.6. The number of nitrogens with zero attached hydrogens (tertiary/aromatic N) is 1. The van der Waals surface area contributed by atoms with Crippen molar-refractivity contribution in [3.63, 3.8) is 0 Å². The minimum atomic E-state index is -0.726. The molecular formula is C85H95NO5. The molecule has 1 fully saturated rings. The van der Waals surface area contributed by atoms with Gasteiger partial charge in [0.2, 0.25) is 0 Å². The van der Waals surface area contributed by atoms with Crippen molar-refractivity contribution in [2.45, 2.75) is 182 Å². The maximum atomic E-state index is 6.86. The molecule has 0 radical (unpaired) electrons. The summed E-state index contributed by atoms with van der Waals surface area (Å²) >= 11 is 0. The number of ether oxygens (including phenoxy) is 5. The molecule has 6 nitrogen and oxygen atoms in total. The van der Waals surface area contributed by atoms with Crippen LogP contribution in [0.1, 0.15) is 179 Å². The van der Waals surface area contributed by atoms with Crippen molar-refractivity contribution in [1.82, 2.24) is 4.57 Å². The molecule has 0 amide bonds. The van der Waals surface area contributed by atoms with E-state index in [-0.39, 0.29) is 12.2 Å². The van der Waals surface area contributed by atoms with Crippen molar-refractivity contribution in [1.29, 1.82) is 0 Å². The molecule has 12 rings (SSSR count). The zero-order chi connectivity index (χ0) is 62.7. The van der Waals surface area contributed by atoms with E-state index >= 15 is 0 Å². The van der Waals surface area contributed by atoms with Crippen LogP contribution in [0.25, 0.3) is 60.9 Å². The second-order valence-corrected chi connectivity index (χ2v) is 26.2. The summed E-state index contributed by atoms with van der Waals surface area (Å²) < 4.78 is 35.4. The van der Waals surface area contributed by atoms with Gasteiger partial charge >= 0.3 is 0 Å². The van der Waals surface area contributed by atoms with E-state index in [1.54, 1.807) is 0 Å². The molecule has 1 saturated carbocycles. The first-order chi connectivity index (χ1) is 44.6. The lowest BCUT2D eigenvalue weighted by molar-refractivity contribution is -0.0419. The summed E-state index contributed by atoms with van der Waals surface area (Å²) in [6.45, 7) is 18.8. The zero-order valence-corrected chi connectivity index (χ0v) is 55.3. The highest BCUT2D eigenvalue weighted by molar-refractivity contribution is 6.11. The molecule has 91 heavy (non-hydrogen) atoms. The van der Waals surface area contributed by atoms with Gasteiger partial charge in [0.05, 0.1) is 61.7 Å². The van der Waals surface area contributed by atoms with E-state index < -0.39 is 5.41 Å². The quantitative estimate of drug-likeness (QED) is 0.0437. The van der Waals surface area contributed by atoms with Crippen molar-refractivity contribution in [3.8, 4) is 56.3 Å². The molecule has 1 unspecified atom stereocenters. The van der Waals surface area contributed by atoms with Crippen LogP contribution in [0.4, 0.5) is 0 Å². The Bertz CT molecular complexity index is 4030. The molecule has 1 aromatic heterocycles. The number of benzene rings is 9. The highest BCUT2D eigenvalue weighted by Gasteiger charge is 2.47. The maximum Gasteiger partial charge on any atom is 0.161 e. The van der Waals surface area contributed by atoms with Crippen molar-refractivity contribution >= 4 is 21.8 Å². The van der Waals surface area contributed by atoms with Crippen LogP contribution in [0.2, 0.25) is 0 Å². The fourth-order valence-electron chi connectivity index (χ4n) is 14.4. The van der Waals surface area contributed by atoms with E-state index in [0.29, 0.717) is 26.4 Å². The SMILES string of the molecule is CCCCCCCCOc1c(C)cc(-n2c3ccc(C)cc3c3cc(-c4ccc5c(c4)C(c4ccccc4)(c4ccc(OCCCCC)c(OCCCCC)c4)c4cc(-c6ccc(COC7CCC(OCc8ccc(C)cc8)CC7)cc6)ccc4-5)ccc32)cc1C. The summed E-state index contributed by atoms with van der Waals surface area (Å²) in [7, 11) is 0. The lowest BCUT2D eigenvalue weighted by atomic mass is 9.67. The van der Waals surface area contributed by atoms with E-state index in [2.05, 4.69) is 235 Å². The monoisotopic (exact) mass is 1210 g/mol. The minimum absolute atomic E-state index is 0.240. The lowest BCUT2D eigenvalue weighted by Gasteiger charge is -2.35. The molecule has 0 bridgehead atoms. The predicted molar refractivity (Wildman–Crippen MR) is 379 cm³/mol. The molecule has 0 saturated heterocycles. The summed E-state index contributed by atoms with van der Waals surface area (Å²) in [5, 5.41) is 2.48. The van der Waals surface area contributed by atoms with E-state index in [9.17, 15) is 0 Å². The Morgan fingerprint density at radius 2 is 0.879 bits per heavy atom. The Hall–Kier alpha value is -7.90. The highest BCUT2D eigenvalue weighted by Crippen LogP contribution is 2.58. The fraction of sp³-hybridized carbons (Fsp3) is 0.365. The zero-order valence-electron chi connectivity index (χ0n) is 55.3. The molecule has 1 heterocycles. The highest BCUT2D eigenvalue weighted by atomic mass is 16.5. The second-order valence-electron chi connectivity index (χ2n) is 26.2. The van der Waals surface area contributed by atoms with Gasteiger partial charge in [-0.25, -0.2) is 0 Å². The predicted octanol–water partition coefficient (Wildman–Crippen LogP) is 22.6. The van der Waals surface area contributed by atoms with Crippen LogP contribution < -0.4 is 14.2 Å². The number of rotatable bonds is 29. The van der Waals surface area contributed by atoms with Crippen molar-refractivity contribution in [3.05, 3.63) is 238 Å². The Morgan fingerprint density at radius 3 is 1.51 bits per heavy atom. The lowest BCUT2D eigenvalue weighted by Crippen LogP contribution is -2.29. The Morgan fingerprint density at radius 1 is 0.396 bits per heavy atom. The third-order valence-electron chi connectivity index (χ3n) is 19.4. The van der Waals surface area contributed by atoms with Gasteiger partial charge in [0, 0.05) is 16.5 Å². The fourth-order valence-corrected chi connectivity index (χ4v) is 14.4. The molecule has 9 aromatic carbocycles. The molecule has 0 spiro atoms. The van der Waals surface area contributed by atoms with E-state index in [1.165, 1.54) is 137 Å². The minimum Gasteiger partial charge on any atom is -0.493 e. The van der Waals surface area contributed by atoms with Crippen LogP contribution in [0.3, 0.4) is 0 Å². The van der Waals surface area contributed by atoms with E-state index in [4.69, 9.17) is 23.7 Å². The average molecular weight is 1210 g/mol. The summed E-state index contributed by atoms with van der Waals surface area (Å²) in [6, 6.07) is 68.9. The first-order valence-corrected chi connectivity index (χ1v) is 34.6. The number of aromatic nitrogens is 1. The topological polar surface area (TPSA) is 51.1 Å². The van der Waals surface area contributed by atoms with Gasteiger partial charge in [-0.3, -0.25) is 0 Å². The largest absolute Gasteiger partial charge is 0.493 e. The van der Waals surface area contributed by atoms with Crippen molar-refractivity contribution in [2.24, 2.45) is 0 Å². The first kappa shape index (κ1) is 63.3. The van der Waals surface area contributed by atoms with Crippen LogP contribution in [-0.4, -0.2) is 36.6 Å². The van der Waals surface area contributed by atoms with Crippen LogP contribution >= 0.6 is 0 Å². The standard InChI is InChI=1S/C85H95NO5/c1-8-11-14-15-16-22-49-89-84-61(6)51-71(52-62(84)7)86-80-44-27-60(5)50-76(80)77-53-66(36-45-81(77)86)68-35-43-75-74-42-34-67(65-32-30-64(31-33-65)58-91-73-40-38-72(39-41-73)90-57-63-28-25-59(4)26-29-63)54-78(74)85(79(75)55-68,69-23-18-17-19-24-69)70-37-46-82(87-47-20-12-9-2)83(56-70)88-48-21-13-10-3/h17-19,23-37,42-46,50-56,72-73H,8-16,20-22,38-41,47-49,57-58H2,1-7H3. The summed E-state index contributed by atoms with van der Waals surface area (Å²) in [5.74, 6) is 2.62. The van der Waals surface area contributed by atoms with Gasteiger partial charge in [-0.2, -0.15) is 0 Å². The van der Waals surface area contributed by atoms with Crippen LogP contribution in [0.15, 0.2) is 182 Å². The number of hydrogen-bond acceptors (Lipinski definition) is 5. The third-order valence-corrected chi connectivity index (χ3v) is 19.4. The van der Waals surface area contributed by atoms with Gasteiger partial charge in [0.15, 0.2) is 11.5 Å². The van der Waals surface area contributed by atoms with Crippen molar-refractivity contribution < 1.29 is 23.7 Å². The van der Waals surface area contributed by atoms with Crippen LogP contribution in [0.5, 0.6) is 17.2 Å². The van der Waals surface area contributed by atoms with Crippen LogP contribution in [-0.2, 0) is 28.1 Å². The van der Waals surface area contributed by atoms with E-state index in [1.807, 2.05) is 0 Å². The Kier molecular flexibility index (Phi) is 20.6. The average Bonchev–Trinajstić information content (AvgIpc) is 1.57. The molecule has 2 aliphatic rings.